The van der Waals surface area contributed by atoms with Gasteiger partial charge in [0.1, 0.15) is 11.8 Å². The number of carbonyl (C=O) groups is 1. The molecule has 1 amide bonds. The van der Waals surface area contributed by atoms with Gasteiger partial charge in [-0.25, -0.2) is 0 Å². The molecule has 7 heteroatoms. The number of likely N-dealkylation sites (tertiary alicyclic amines) is 1. The van der Waals surface area contributed by atoms with Crippen LogP contribution in [0.2, 0.25) is 0 Å². The maximum absolute atomic E-state index is 13.5. The first-order valence-corrected chi connectivity index (χ1v) is 14.0. The van der Waals surface area contributed by atoms with E-state index in [4.69, 9.17) is 4.74 Å². The van der Waals surface area contributed by atoms with Crippen LogP contribution in [0.15, 0.2) is 42.6 Å². The lowest BCUT2D eigenvalue weighted by Crippen LogP contribution is -2.78. The molecule has 3 heterocycles. The average Bonchev–Trinajstić information content (AvgIpc) is 3.65. The minimum Gasteiger partial charge on any atom is -0.504 e. The van der Waals surface area contributed by atoms with Crippen molar-refractivity contribution in [2.24, 2.45) is 5.92 Å². The van der Waals surface area contributed by atoms with Crippen molar-refractivity contribution in [3.8, 4) is 11.5 Å². The van der Waals surface area contributed by atoms with Gasteiger partial charge in [-0.15, -0.1) is 0 Å². The summed E-state index contributed by atoms with van der Waals surface area (Å²) in [5.74, 6) is 1.13. The van der Waals surface area contributed by atoms with Crippen molar-refractivity contribution in [3.63, 3.8) is 0 Å². The van der Waals surface area contributed by atoms with E-state index in [2.05, 4.69) is 21.3 Å². The molecule has 1 aromatic heterocycles. The van der Waals surface area contributed by atoms with Gasteiger partial charge in [-0.1, -0.05) is 29.8 Å². The fourth-order valence-electron chi connectivity index (χ4n) is 8.26. The summed E-state index contributed by atoms with van der Waals surface area (Å²) < 4.78 is 6.57. The fraction of sp³-hybridized carbons (Fsp3) is 0.484. The lowest BCUT2D eigenvalue weighted by atomic mass is 9.48. The van der Waals surface area contributed by atoms with E-state index in [9.17, 15) is 15.0 Å². The largest absolute Gasteiger partial charge is 0.504 e. The molecule has 1 spiro atoms. The number of amides is 1. The van der Waals surface area contributed by atoms with Gasteiger partial charge >= 0.3 is 0 Å². The van der Waals surface area contributed by atoms with Gasteiger partial charge in [0.05, 0.1) is 17.1 Å². The Hall–Kier alpha value is -3.16. The van der Waals surface area contributed by atoms with Gasteiger partial charge in [0, 0.05) is 29.7 Å². The third kappa shape index (κ3) is 2.97. The van der Waals surface area contributed by atoms with Crippen LogP contribution in [0, 0.1) is 12.8 Å². The van der Waals surface area contributed by atoms with E-state index in [1.54, 1.807) is 12.3 Å². The molecule has 3 N–H and O–H groups in total. The number of aliphatic hydroxyl groups is 1. The van der Waals surface area contributed by atoms with Gasteiger partial charge in [-0.2, -0.15) is 0 Å². The minimum absolute atomic E-state index is 0.0213. The molecule has 2 saturated carbocycles. The van der Waals surface area contributed by atoms with E-state index >= 15 is 0 Å². The molecule has 196 valence electrons. The number of rotatable bonds is 4. The van der Waals surface area contributed by atoms with Crippen LogP contribution in [0.1, 0.15) is 59.3 Å². The van der Waals surface area contributed by atoms with Gasteiger partial charge < -0.3 is 20.3 Å². The number of hydrogen-bond acceptors (Lipinski definition) is 6. The number of fused-ring (bicyclic) bond motifs is 1. The van der Waals surface area contributed by atoms with Crippen molar-refractivity contribution in [1.82, 2.24) is 15.2 Å². The highest BCUT2D eigenvalue weighted by Crippen LogP contribution is 2.65. The predicted octanol–water partition coefficient (Wildman–Crippen LogP) is 3.61. The summed E-state index contributed by atoms with van der Waals surface area (Å²) in [6, 6.07) is 11.4. The zero-order chi connectivity index (χ0) is 25.8. The van der Waals surface area contributed by atoms with Crippen LogP contribution in [0.3, 0.4) is 0 Å². The topological polar surface area (TPSA) is 94.9 Å². The SMILES string of the molecule is Cc1ccc2cnc(C(=O)N[C@H]3CC[C@@]4(O)[C@H]5Cc6ccc(O)c7c6[C@@]4(CCN5CC4CC4)[C@H]3O7)cc2c1. The molecule has 1 saturated heterocycles. The van der Waals surface area contributed by atoms with E-state index in [-0.39, 0.29) is 23.7 Å². The number of ether oxygens (including phenoxy) is 1. The number of nitrogens with zero attached hydrogens (tertiary/aromatic N) is 2. The van der Waals surface area contributed by atoms with Crippen LogP contribution in [-0.4, -0.2) is 62.9 Å². The number of phenolic OH excluding ortho intramolecular Hbond substituents is 1. The first-order valence-electron chi connectivity index (χ1n) is 14.0. The molecule has 3 aliphatic carbocycles. The molecule has 5 atom stereocenters. The number of aryl methyl sites for hydroxylation is 1. The highest BCUT2D eigenvalue weighted by atomic mass is 16.5. The van der Waals surface area contributed by atoms with E-state index in [1.807, 2.05) is 31.2 Å². The van der Waals surface area contributed by atoms with Crippen LogP contribution >= 0.6 is 0 Å². The zero-order valence-corrected chi connectivity index (χ0v) is 21.6. The Kier molecular flexibility index (Phi) is 4.62. The summed E-state index contributed by atoms with van der Waals surface area (Å²) >= 11 is 0. The number of aromatic hydroxyl groups is 1. The summed E-state index contributed by atoms with van der Waals surface area (Å²) in [6.45, 7) is 3.97. The number of carbonyl (C=O) groups excluding carboxylic acids is 1. The molecule has 38 heavy (non-hydrogen) atoms. The molecular weight excluding hydrogens is 478 g/mol. The van der Waals surface area contributed by atoms with Gasteiger partial charge in [-0.05, 0) is 81.0 Å². The summed E-state index contributed by atoms with van der Waals surface area (Å²) in [5, 5.41) is 28.6. The van der Waals surface area contributed by atoms with Crippen molar-refractivity contribution in [1.29, 1.82) is 0 Å². The molecule has 2 aromatic carbocycles. The lowest BCUT2D eigenvalue weighted by Gasteiger charge is -2.64. The summed E-state index contributed by atoms with van der Waals surface area (Å²) in [5.41, 5.74) is 2.04. The molecule has 2 bridgehead atoms. The van der Waals surface area contributed by atoms with Gasteiger partial charge in [0.25, 0.3) is 5.91 Å². The normalized spacial score (nSPS) is 33.1. The second kappa shape index (κ2) is 7.70. The van der Waals surface area contributed by atoms with E-state index in [0.29, 0.717) is 24.3 Å². The van der Waals surface area contributed by atoms with Gasteiger partial charge in [0.15, 0.2) is 11.5 Å². The summed E-state index contributed by atoms with van der Waals surface area (Å²) in [4.78, 5) is 20.5. The molecule has 0 radical (unpaired) electrons. The number of nitrogens with one attached hydrogen (secondary N) is 1. The smallest absolute Gasteiger partial charge is 0.270 e. The third-order valence-electron chi connectivity index (χ3n) is 10.2. The molecule has 8 rings (SSSR count). The average molecular weight is 512 g/mol. The van der Waals surface area contributed by atoms with Crippen LogP contribution < -0.4 is 10.1 Å². The fourth-order valence-corrected chi connectivity index (χ4v) is 8.26. The standard InChI is InChI=1S/C31H33N3O4/c1-17-2-5-20-15-32-23(13-21(20)12-17)29(36)33-22-8-9-31(37)25-14-19-6-7-24(35)27-26(19)30(31,28(22)38-27)10-11-34(25)16-18-3-4-18/h2,5-7,12-13,15,18,22,25,28,35,37H,3-4,8-11,14,16H2,1H3,(H,33,36)/t22-,25+,28-,30-,31+/m0/s1. The molecular formula is C31H33N3O4. The third-order valence-corrected chi connectivity index (χ3v) is 10.2. The minimum atomic E-state index is -0.962. The molecule has 2 aliphatic heterocycles. The zero-order valence-electron chi connectivity index (χ0n) is 21.6. The molecule has 0 unspecified atom stereocenters. The Labute approximate surface area is 221 Å². The Balaban J connectivity index is 1.17. The van der Waals surface area contributed by atoms with Crippen LogP contribution in [0.4, 0.5) is 0 Å². The van der Waals surface area contributed by atoms with Crippen molar-refractivity contribution in [2.45, 2.75) is 74.7 Å². The summed E-state index contributed by atoms with van der Waals surface area (Å²) in [7, 11) is 0. The molecule has 5 aliphatic rings. The second-order valence-electron chi connectivity index (χ2n) is 12.3. The van der Waals surface area contributed by atoms with Crippen LogP contribution in [0.25, 0.3) is 10.8 Å². The van der Waals surface area contributed by atoms with Crippen LogP contribution in [-0.2, 0) is 11.8 Å². The predicted molar refractivity (Wildman–Crippen MR) is 143 cm³/mol. The monoisotopic (exact) mass is 511 g/mol. The Morgan fingerprint density at radius 1 is 1.16 bits per heavy atom. The van der Waals surface area contributed by atoms with Gasteiger partial charge in [-0.3, -0.25) is 14.7 Å². The highest BCUT2D eigenvalue weighted by molar-refractivity contribution is 5.96. The Morgan fingerprint density at radius 3 is 2.87 bits per heavy atom. The first kappa shape index (κ1) is 22.8. The van der Waals surface area contributed by atoms with Crippen molar-refractivity contribution >= 4 is 16.7 Å². The number of hydrogen-bond donors (Lipinski definition) is 3. The molecule has 3 aromatic rings. The number of benzene rings is 2. The van der Waals surface area contributed by atoms with Gasteiger partial charge in [0.2, 0.25) is 0 Å². The first-order chi connectivity index (χ1) is 18.4. The van der Waals surface area contributed by atoms with Crippen molar-refractivity contribution in [2.75, 3.05) is 13.1 Å². The maximum atomic E-state index is 13.5. The number of aromatic nitrogens is 1. The highest BCUT2D eigenvalue weighted by Gasteiger charge is 2.73. The molecule has 3 fully saturated rings. The maximum Gasteiger partial charge on any atom is 0.270 e. The molecule has 7 nitrogen and oxygen atoms in total. The van der Waals surface area contributed by atoms with E-state index in [1.165, 1.54) is 12.8 Å². The second-order valence-corrected chi connectivity index (χ2v) is 12.3. The Morgan fingerprint density at radius 2 is 2.03 bits per heavy atom. The van der Waals surface area contributed by atoms with E-state index < -0.39 is 17.1 Å². The quantitative estimate of drug-likeness (QED) is 0.496. The lowest BCUT2D eigenvalue weighted by molar-refractivity contribution is -0.191. The number of piperidine rings is 1. The van der Waals surface area contributed by atoms with Crippen molar-refractivity contribution in [3.05, 3.63) is 65.0 Å². The number of pyridine rings is 1. The number of phenols is 1. The van der Waals surface area contributed by atoms with Crippen molar-refractivity contribution < 1.29 is 19.7 Å². The van der Waals surface area contributed by atoms with E-state index in [0.717, 1.165) is 59.3 Å². The Bertz CT molecular complexity index is 1500. The van der Waals surface area contributed by atoms with Crippen LogP contribution in [0.5, 0.6) is 11.5 Å². The summed E-state index contributed by atoms with van der Waals surface area (Å²) in [6.07, 6.45) is 6.58.